The van der Waals surface area contributed by atoms with Crippen molar-refractivity contribution in [2.75, 3.05) is 5.32 Å². The highest BCUT2D eigenvalue weighted by Gasteiger charge is 2.12. The van der Waals surface area contributed by atoms with Crippen LogP contribution in [0.5, 0.6) is 0 Å². The summed E-state index contributed by atoms with van der Waals surface area (Å²) in [6.45, 7) is 0. The normalized spacial score (nSPS) is 11.8. The van der Waals surface area contributed by atoms with Crippen LogP contribution < -0.4 is 10.4 Å². The average Bonchev–Trinajstić information content (AvgIpc) is 2.37. The summed E-state index contributed by atoms with van der Waals surface area (Å²) in [5.41, 5.74) is 1.28. The molecule has 3 nitrogen and oxygen atoms in total. The van der Waals surface area contributed by atoms with Crippen molar-refractivity contribution in [2.45, 2.75) is 6.04 Å². The lowest BCUT2D eigenvalue weighted by Crippen LogP contribution is -2.34. The van der Waals surface area contributed by atoms with E-state index in [-0.39, 0.29) is 0 Å². The van der Waals surface area contributed by atoms with E-state index in [1.54, 1.807) is 36.4 Å². The lowest BCUT2D eigenvalue weighted by molar-refractivity contribution is -0.307. The molecule has 0 aliphatic rings. The van der Waals surface area contributed by atoms with Crippen molar-refractivity contribution in [2.24, 2.45) is 0 Å². The molecule has 0 fully saturated rings. The van der Waals surface area contributed by atoms with Crippen LogP contribution in [0.3, 0.4) is 0 Å². The van der Waals surface area contributed by atoms with E-state index >= 15 is 0 Å². The van der Waals surface area contributed by atoms with Gasteiger partial charge in [0.25, 0.3) is 0 Å². The van der Waals surface area contributed by atoms with Crippen LogP contribution in [-0.2, 0) is 4.79 Å². The molecule has 92 valence electrons. The van der Waals surface area contributed by atoms with Gasteiger partial charge in [0, 0.05) is 10.7 Å². The van der Waals surface area contributed by atoms with Crippen LogP contribution in [0, 0.1) is 0 Å². The molecule has 0 spiro atoms. The minimum atomic E-state index is -1.19. The molecule has 1 atom stereocenters. The molecule has 0 radical (unpaired) electrons. The Morgan fingerprint density at radius 2 is 1.83 bits per heavy atom. The lowest BCUT2D eigenvalue weighted by Gasteiger charge is -2.21. The van der Waals surface area contributed by atoms with Gasteiger partial charge in [0.1, 0.15) is 0 Å². The molecule has 0 bridgehead atoms. The largest absolute Gasteiger partial charge is 0.548 e. The summed E-state index contributed by atoms with van der Waals surface area (Å²) >= 11 is 5.86. The highest BCUT2D eigenvalue weighted by atomic mass is 35.5. The van der Waals surface area contributed by atoms with Crippen LogP contribution in [0.2, 0.25) is 5.02 Å². The number of hydrogen-bond acceptors (Lipinski definition) is 3. The van der Waals surface area contributed by atoms with Gasteiger partial charge in [-0.05, 0) is 29.8 Å². The highest BCUT2D eigenvalue weighted by molar-refractivity contribution is 6.30. The molecule has 4 heteroatoms. The fourth-order valence-corrected chi connectivity index (χ4v) is 1.86. The van der Waals surface area contributed by atoms with E-state index in [1.807, 2.05) is 18.2 Å². The zero-order chi connectivity index (χ0) is 13.0. The van der Waals surface area contributed by atoms with Gasteiger partial charge in [-0.3, -0.25) is 0 Å². The van der Waals surface area contributed by atoms with Crippen molar-refractivity contribution in [3.63, 3.8) is 0 Å². The number of carboxylic acids is 1. The van der Waals surface area contributed by atoms with E-state index in [0.717, 1.165) is 0 Å². The van der Waals surface area contributed by atoms with Crippen LogP contribution in [-0.4, -0.2) is 5.97 Å². The van der Waals surface area contributed by atoms with Gasteiger partial charge in [-0.2, -0.15) is 0 Å². The van der Waals surface area contributed by atoms with Gasteiger partial charge in [0.2, 0.25) is 0 Å². The second kappa shape index (κ2) is 5.56. The van der Waals surface area contributed by atoms with Gasteiger partial charge < -0.3 is 15.2 Å². The Hall–Kier alpha value is -2.00. The van der Waals surface area contributed by atoms with Crippen LogP contribution in [0.15, 0.2) is 54.6 Å². The van der Waals surface area contributed by atoms with Crippen LogP contribution in [0.25, 0.3) is 0 Å². The molecule has 1 unspecified atom stereocenters. The van der Waals surface area contributed by atoms with Crippen LogP contribution in [0.1, 0.15) is 11.6 Å². The van der Waals surface area contributed by atoms with E-state index in [1.165, 1.54) is 0 Å². The third-order valence-corrected chi connectivity index (χ3v) is 2.74. The lowest BCUT2D eigenvalue weighted by atomic mass is 10.1. The van der Waals surface area contributed by atoms with Crippen molar-refractivity contribution in [3.05, 3.63) is 65.2 Å². The first kappa shape index (κ1) is 12.5. The van der Waals surface area contributed by atoms with E-state index < -0.39 is 12.0 Å². The molecule has 0 aromatic heterocycles. The number of carbonyl (C=O) groups excluding carboxylic acids is 1. The Bertz CT molecular complexity index is 543. The first-order valence-corrected chi connectivity index (χ1v) is 5.82. The Morgan fingerprint density at radius 3 is 2.44 bits per heavy atom. The topological polar surface area (TPSA) is 52.2 Å². The number of anilines is 1. The summed E-state index contributed by atoms with van der Waals surface area (Å²) in [6.07, 6.45) is 0. The fourth-order valence-electron chi connectivity index (χ4n) is 1.67. The SMILES string of the molecule is O=C([O-])C(Nc1ccccc1)c1cccc(Cl)c1. The molecule has 18 heavy (non-hydrogen) atoms. The van der Waals surface area contributed by atoms with Gasteiger partial charge in [-0.15, -0.1) is 0 Å². The number of hydrogen-bond donors (Lipinski definition) is 1. The van der Waals surface area contributed by atoms with Gasteiger partial charge in [0.05, 0.1) is 12.0 Å². The van der Waals surface area contributed by atoms with E-state index in [9.17, 15) is 9.90 Å². The number of carbonyl (C=O) groups is 1. The van der Waals surface area contributed by atoms with Crippen molar-refractivity contribution in [1.82, 2.24) is 0 Å². The third kappa shape index (κ3) is 3.02. The van der Waals surface area contributed by atoms with Crippen LogP contribution in [0.4, 0.5) is 5.69 Å². The molecule has 0 heterocycles. The summed E-state index contributed by atoms with van der Waals surface area (Å²) in [5, 5.41) is 14.6. The summed E-state index contributed by atoms with van der Waals surface area (Å²) in [5.74, 6) is -1.19. The zero-order valence-corrected chi connectivity index (χ0v) is 10.2. The number of nitrogens with one attached hydrogen (secondary N) is 1. The maximum atomic E-state index is 11.2. The molecule has 0 aliphatic carbocycles. The van der Waals surface area contributed by atoms with E-state index in [2.05, 4.69) is 5.32 Å². The second-order valence-corrected chi connectivity index (χ2v) is 4.25. The zero-order valence-electron chi connectivity index (χ0n) is 9.47. The monoisotopic (exact) mass is 260 g/mol. The number of aliphatic carboxylic acids is 1. The Balaban J connectivity index is 2.27. The number of halogens is 1. The predicted molar refractivity (Wildman–Crippen MR) is 69.3 cm³/mol. The fraction of sp³-hybridized carbons (Fsp3) is 0.0714. The number of rotatable bonds is 4. The standard InChI is InChI=1S/C14H12ClNO2/c15-11-6-4-5-10(9-11)13(14(17)18)16-12-7-2-1-3-8-12/h1-9,13,16H,(H,17,18)/p-1. The number of carboxylic acid groups (broad SMARTS) is 1. The molecule has 0 saturated carbocycles. The molecule has 2 aromatic rings. The first-order valence-electron chi connectivity index (χ1n) is 5.45. The second-order valence-electron chi connectivity index (χ2n) is 3.82. The number of benzene rings is 2. The minimum Gasteiger partial charge on any atom is -0.548 e. The summed E-state index contributed by atoms with van der Waals surface area (Å²) in [7, 11) is 0. The molecule has 1 N–H and O–H groups in total. The average molecular weight is 261 g/mol. The maximum absolute atomic E-state index is 11.2. The molecule has 0 saturated heterocycles. The maximum Gasteiger partial charge on any atom is 0.0913 e. The van der Waals surface area contributed by atoms with Gasteiger partial charge in [0.15, 0.2) is 0 Å². The Morgan fingerprint density at radius 1 is 1.11 bits per heavy atom. The molecule has 2 aromatic carbocycles. The molecular formula is C14H11ClNO2-. The van der Waals surface area contributed by atoms with Crippen LogP contribution >= 0.6 is 11.6 Å². The van der Waals surface area contributed by atoms with Crippen molar-refractivity contribution in [1.29, 1.82) is 0 Å². The number of para-hydroxylation sites is 1. The van der Waals surface area contributed by atoms with Crippen molar-refractivity contribution in [3.8, 4) is 0 Å². The molecular weight excluding hydrogens is 250 g/mol. The van der Waals surface area contributed by atoms with Crippen molar-refractivity contribution >= 4 is 23.3 Å². The summed E-state index contributed by atoms with van der Waals surface area (Å²) < 4.78 is 0. The first-order chi connectivity index (χ1) is 8.66. The molecule has 0 amide bonds. The predicted octanol–water partition coefficient (Wildman–Crippen LogP) is 2.24. The Labute approximate surface area is 110 Å². The summed E-state index contributed by atoms with van der Waals surface area (Å²) in [4.78, 5) is 11.2. The van der Waals surface area contributed by atoms with Gasteiger partial charge in [-0.25, -0.2) is 0 Å². The van der Waals surface area contributed by atoms with Gasteiger partial charge >= 0.3 is 0 Å². The molecule has 2 rings (SSSR count). The van der Waals surface area contributed by atoms with E-state index in [0.29, 0.717) is 16.3 Å². The molecule has 0 aliphatic heterocycles. The highest BCUT2D eigenvalue weighted by Crippen LogP contribution is 2.21. The quantitative estimate of drug-likeness (QED) is 0.917. The van der Waals surface area contributed by atoms with E-state index in [4.69, 9.17) is 11.6 Å². The smallest absolute Gasteiger partial charge is 0.0913 e. The minimum absolute atomic E-state index is 0.494. The van der Waals surface area contributed by atoms with Gasteiger partial charge in [-0.1, -0.05) is 41.9 Å². The Kier molecular flexibility index (Phi) is 3.85. The third-order valence-electron chi connectivity index (χ3n) is 2.50. The summed E-state index contributed by atoms with van der Waals surface area (Å²) in [6, 6.07) is 14.9. The van der Waals surface area contributed by atoms with Crippen molar-refractivity contribution < 1.29 is 9.90 Å².